The Hall–Kier alpha value is -3.67. The molecule has 0 aliphatic carbocycles. The molecule has 4 aromatic rings. The minimum absolute atomic E-state index is 0.158. The van der Waals surface area contributed by atoms with Crippen molar-refractivity contribution in [3.8, 4) is 0 Å². The molecule has 0 amide bonds. The van der Waals surface area contributed by atoms with Gasteiger partial charge in [0.15, 0.2) is 0 Å². The highest BCUT2D eigenvalue weighted by atomic mass is 28.4. The summed E-state index contributed by atoms with van der Waals surface area (Å²) in [5.74, 6) is -0.181. The van der Waals surface area contributed by atoms with Crippen LogP contribution in [0.25, 0.3) is 10.4 Å². The summed E-state index contributed by atoms with van der Waals surface area (Å²) in [6.45, 7) is 7.95. The van der Waals surface area contributed by atoms with E-state index in [2.05, 4.69) is 91.5 Å². The molecule has 4 rings (SSSR count). The second-order valence-electron chi connectivity index (χ2n) is 10.8. The van der Waals surface area contributed by atoms with Crippen molar-refractivity contribution >= 4 is 18.7 Å². The molecule has 0 bridgehead atoms. The minimum atomic E-state index is -2.77. The predicted molar refractivity (Wildman–Crippen MR) is 162 cm³/mol. The van der Waals surface area contributed by atoms with E-state index in [9.17, 15) is 5.53 Å². The van der Waals surface area contributed by atoms with Crippen LogP contribution >= 0.6 is 0 Å². The van der Waals surface area contributed by atoms with Gasteiger partial charge < -0.3 is 9.16 Å². The lowest BCUT2D eigenvalue weighted by Gasteiger charge is -2.44. The molecule has 0 spiro atoms. The van der Waals surface area contributed by atoms with Crippen molar-refractivity contribution < 1.29 is 9.16 Å². The maximum Gasteiger partial charge on any atom is 0.261 e. The normalized spacial score (nSPS) is 13.3. The van der Waals surface area contributed by atoms with Gasteiger partial charge in [-0.1, -0.05) is 147 Å². The van der Waals surface area contributed by atoms with Crippen molar-refractivity contribution in [1.29, 1.82) is 0 Å². The minimum Gasteiger partial charge on any atom is -0.407 e. The first-order valence-corrected chi connectivity index (χ1v) is 15.3. The van der Waals surface area contributed by atoms with Crippen LogP contribution in [-0.4, -0.2) is 27.6 Å². The van der Waals surface area contributed by atoms with E-state index >= 15 is 0 Å². The van der Waals surface area contributed by atoms with Gasteiger partial charge in [-0.15, -0.1) is 0 Å². The SMILES string of the molecule is CC(C)(C)[Si](OC[C@@H](c1ccccc1)[C@@H](COCc1ccccc1)N=[N+]=[N-])(c1ccccc1)c1ccccc1. The molecule has 0 aromatic heterocycles. The Labute approximate surface area is 233 Å². The van der Waals surface area contributed by atoms with Gasteiger partial charge in [-0.2, -0.15) is 0 Å². The molecule has 200 valence electrons. The molecule has 39 heavy (non-hydrogen) atoms. The molecule has 6 heteroatoms. The van der Waals surface area contributed by atoms with E-state index in [1.807, 2.05) is 60.7 Å². The summed E-state index contributed by atoms with van der Waals surface area (Å²) in [4.78, 5) is 3.22. The molecule has 0 saturated carbocycles. The number of hydrogen-bond donors (Lipinski definition) is 0. The van der Waals surface area contributed by atoms with Gasteiger partial charge in [0, 0.05) is 17.4 Å². The number of hydrogen-bond acceptors (Lipinski definition) is 3. The van der Waals surface area contributed by atoms with E-state index in [0.717, 1.165) is 11.1 Å². The molecule has 4 aromatic carbocycles. The maximum absolute atomic E-state index is 9.53. The van der Waals surface area contributed by atoms with Crippen LogP contribution in [0.4, 0.5) is 0 Å². The van der Waals surface area contributed by atoms with Crippen molar-refractivity contribution in [3.63, 3.8) is 0 Å². The largest absolute Gasteiger partial charge is 0.407 e. The fourth-order valence-electron chi connectivity index (χ4n) is 5.27. The monoisotopic (exact) mass is 535 g/mol. The second-order valence-corrected chi connectivity index (χ2v) is 15.1. The predicted octanol–water partition coefficient (Wildman–Crippen LogP) is 7.24. The van der Waals surface area contributed by atoms with Gasteiger partial charge in [0.2, 0.25) is 0 Å². The van der Waals surface area contributed by atoms with E-state index in [1.165, 1.54) is 10.4 Å². The molecule has 0 aliphatic heterocycles. The third-order valence-corrected chi connectivity index (χ3v) is 12.2. The lowest BCUT2D eigenvalue weighted by Crippen LogP contribution is -2.67. The van der Waals surface area contributed by atoms with Crippen LogP contribution < -0.4 is 10.4 Å². The molecule has 0 fully saturated rings. The van der Waals surface area contributed by atoms with Crippen molar-refractivity contribution in [2.45, 2.75) is 44.4 Å². The molecule has 0 radical (unpaired) electrons. The van der Waals surface area contributed by atoms with Crippen LogP contribution in [0.2, 0.25) is 5.04 Å². The third-order valence-electron chi connectivity index (χ3n) is 7.19. The molecule has 0 aliphatic rings. The molecule has 0 saturated heterocycles. The highest BCUT2D eigenvalue weighted by Crippen LogP contribution is 2.38. The van der Waals surface area contributed by atoms with Gasteiger partial charge in [-0.3, -0.25) is 0 Å². The van der Waals surface area contributed by atoms with Gasteiger partial charge in [-0.05, 0) is 32.1 Å². The summed E-state index contributed by atoms with van der Waals surface area (Å²) in [6, 6.07) is 41.0. The molecule has 0 unspecified atom stereocenters. The Bertz CT molecular complexity index is 1280. The number of benzene rings is 4. The quantitative estimate of drug-likeness (QED) is 0.0830. The summed E-state index contributed by atoms with van der Waals surface area (Å²) in [5, 5.41) is 6.51. The number of ether oxygens (including phenoxy) is 1. The van der Waals surface area contributed by atoms with Gasteiger partial charge in [-0.25, -0.2) is 0 Å². The summed E-state index contributed by atoms with van der Waals surface area (Å²) in [7, 11) is -2.77. The standard InChI is InChI=1S/C33H37N3O2Si/c1-33(2,3)39(29-20-12-6-13-21-29,30-22-14-7-15-23-30)38-25-31(28-18-10-5-11-19-28)32(35-36-34)26-37-24-27-16-8-4-9-17-27/h4-23,31-32H,24-26H2,1-3H3/t31-,32+/m0/s1. The van der Waals surface area contributed by atoms with Crippen molar-refractivity contribution in [3.05, 3.63) is 143 Å². The van der Waals surface area contributed by atoms with Crippen molar-refractivity contribution in [1.82, 2.24) is 0 Å². The van der Waals surface area contributed by atoms with Gasteiger partial charge in [0.25, 0.3) is 8.32 Å². The zero-order valence-corrected chi connectivity index (χ0v) is 24.0. The van der Waals surface area contributed by atoms with Crippen molar-refractivity contribution in [2.75, 3.05) is 13.2 Å². The zero-order chi connectivity index (χ0) is 27.6. The number of rotatable bonds is 12. The van der Waals surface area contributed by atoms with Crippen LogP contribution in [0.15, 0.2) is 126 Å². The molecule has 5 nitrogen and oxygen atoms in total. The van der Waals surface area contributed by atoms with Gasteiger partial charge in [0.1, 0.15) is 0 Å². The van der Waals surface area contributed by atoms with E-state index in [0.29, 0.717) is 19.8 Å². The van der Waals surface area contributed by atoms with Gasteiger partial charge >= 0.3 is 0 Å². The molecular formula is C33H37N3O2Si. The maximum atomic E-state index is 9.53. The second kappa shape index (κ2) is 13.4. The Balaban J connectivity index is 1.70. The van der Waals surface area contributed by atoms with Crippen molar-refractivity contribution in [2.24, 2.45) is 5.11 Å². The first kappa shape index (κ1) is 28.3. The Morgan fingerprint density at radius 1 is 0.718 bits per heavy atom. The number of nitrogens with zero attached hydrogens (tertiary/aromatic N) is 3. The molecular weight excluding hydrogens is 498 g/mol. The van der Waals surface area contributed by atoms with E-state index in [4.69, 9.17) is 9.16 Å². The lowest BCUT2D eigenvalue weighted by molar-refractivity contribution is 0.0943. The fraction of sp³-hybridized carbons (Fsp3) is 0.273. The van der Waals surface area contributed by atoms with E-state index in [-0.39, 0.29) is 11.0 Å². The highest BCUT2D eigenvalue weighted by molar-refractivity contribution is 6.99. The average molecular weight is 536 g/mol. The first-order chi connectivity index (χ1) is 19.0. The third kappa shape index (κ3) is 6.86. The molecule has 0 N–H and O–H groups in total. The first-order valence-electron chi connectivity index (χ1n) is 13.4. The zero-order valence-electron chi connectivity index (χ0n) is 23.0. The average Bonchev–Trinajstić information content (AvgIpc) is 2.96. The smallest absolute Gasteiger partial charge is 0.261 e. The summed E-state index contributed by atoms with van der Waals surface area (Å²) < 4.78 is 13.4. The van der Waals surface area contributed by atoms with E-state index in [1.54, 1.807) is 0 Å². The topological polar surface area (TPSA) is 67.2 Å². The van der Waals surface area contributed by atoms with Crippen LogP contribution in [0.3, 0.4) is 0 Å². The fourth-order valence-corrected chi connectivity index (χ4v) is 9.86. The summed E-state index contributed by atoms with van der Waals surface area (Å²) in [5.41, 5.74) is 11.7. The van der Waals surface area contributed by atoms with Crippen LogP contribution in [0.1, 0.15) is 37.8 Å². The Morgan fingerprint density at radius 2 is 1.21 bits per heavy atom. The Morgan fingerprint density at radius 3 is 1.69 bits per heavy atom. The summed E-state index contributed by atoms with van der Waals surface area (Å²) in [6.07, 6.45) is 0. The van der Waals surface area contributed by atoms with Crippen LogP contribution in [-0.2, 0) is 15.8 Å². The van der Waals surface area contributed by atoms with E-state index < -0.39 is 14.4 Å². The Kier molecular flexibility index (Phi) is 9.74. The van der Waals surface area contributed by atoms with Crippen LogP contribution in [0.5, 0.6) is 0 Å². The molecule has 0 heterocycles. The lowest BCUT2D eigenvalue weighted by atomic mass is 9.93. The number of azide groups is 1. The summed E-state index contributed by atoms with van der Waals surface area (Å²) >= 11 is 0. The highest BCUT2D eigenvalue weighted by Gasteiger charge is 2.50. The van der Waals surface area contributed by atoms with Gasteiger partial charge in [0.05, 0.1) is 19.3 Å². The van der Waals surface area contributed by atoms with Crippen LogP contribution in [0, 0.1) is 0 Å². The molecule has 2 atom stereocenters.